The Morgan fingerprint density at radius 1 is 0.529 bits per heavy atom. The number of aromatic nitrogens is 3. The summed E-state index contributed by atoms with van der Waals surface area (Å²) in [5.41, 5.74) is 8.88. The number of ketones is 2. The molecule has 0 radical (unpaired) electrons. The van der Waals surface area contributed by atoms with Gasteiger partial charge in [0.25, 0.3) is 0 Å². The number of fused-ring (bicyclic) bond motifs is 7. The number of para-hydroxylation sites is 2. The molecule has 0 aliphatic heterocycles. The van der Waals surface area contributed by atoms with Crippen LogP contribution in [-0.4, -0.2) is 25.7 Å². The van der Waals surface area contributed by atoms with E-state index < -0.39 is 5.92 Å². The van der Waals surface area contributed by atoms with E-state index in [0.717, 1.165) is 61.0 Å². The van der Waals surface area contributed by atoms with Crippen LogP contribution >= 0.6 is 0 Å². The fourth-order valence-electron chi connectivity index (χ4n) is 7.65. The Bertz CT molecular complexity index is 2810. The minimum atomic E-state index is -0.947. The van der Waals surface area contributed by atoms with Crippen LogP contribution in [0.1, 0.15) is 43.5 Å². The number of benzene rings is 6. The quantitative estimate of drug-likeness (QED) is 0.126. The van der Waals surface area contributed by atoms with E-state index in [1.165, 1.54) is 5.39 Å². The van der Waals surface area contributed by atoms with Crippen molar-refractivity contribution >= 4 is 55.2 Å². The highest BCUT2D eigenvalue weighted by atomic mass is 16.2. The highest BCUT2D eigenvalue weighted by Gasteiger charge is 2.30. The van der Waals surface area contributed by atoms with E-state index in [2.05, 4.69) is 81.9 Å². The molecule has 1 unspecified atom stereocenters. The first-order valence-corrected chi connectivity index (χ1v) is 17.2. The number of carbonyl (C=O) groups excluding carboxylic acids is 2. The van der Waals surface area contributed by atoms with Gasteiger partial charge in [0.05, 0.1) is 22.1 Å². The van der Waals surface area contributed by atoms with Crippen molar-refractivity contribution < 1.29 is 9.59 Å². The van der Waals surface area contributed by atoms with Gasteiger partial charge in [-0.15, -0.1) is 0 Å². The van der Waals surface area contributed by atoms with Gasteiger partial charge in [0.2, 0.25) is 0 Å². The molecule has 0 amide bonds. The van der Waals surface area contributed by atoms with E-state index >= 15 is 0 Å². The lowest BCUT2D eigenvalue weighted by Crippen LogP contribution is -2.22. The Morgan fingerprint density at radius 2 is 1.20 bits per heavy atom. The van der Waals surface area contributed by atoms with Crippen molar-refractivity contribution in [2.24, 2.45) is 0 Å². The van der Waals surface area contributed by atoms with Crippen molar-refractivity contribution in [2.75, 3.05) is 0 Å². The number of carbonyl (C=O) groups is 2. The van der Waals surface area contributed by atoms with Gasteiger partial charge in [0, 0.05) is 44.1 Å². The van der Waals surface area contributed by atoms with Crippen LogP contribution in [0.4, 0.5) is 0 Å². The third kappa shape index (κ3) is 4.97. The third-order valence-electron chi connectivity index (χ3n) is 9.94. The van der Waals surface area contributed by atoms with Crippen LogP contribution in [0.3, 0.4) is 0 Å². The predicted octanol–water partition coefficient (Wildman–Crippen LogP) is 10.7. The van der Waals surface area contributed by atoms with Crippen LogP contribution in [0, 0.1) is 13.8 Å². The molecule has 3 aromatic heterocycles. The van der Waals surface area contributed by atoms with Crippen LogP contribution < -0.4 is 0 Å². The summed E-state index contributed by atoms with van der Waals surface area (Å²) < 4.78 is 4.55. The molecule has 0 fully saturated rings. The summed E-state index contributed by atoms with van der Waals surface area (Å²) in [6, 6.07) is 52.0. The monoisotopic (exact) mass is 659 g/mol. The molecule has 0 saturated heterocycles. The molecule has 5 heteroatoms. The maximum Gasteiger partial charge on any atom is 0.178 e. The average molecular weight is 660 g/mol. The molecule has 244 valence electrons. The van der Waals surface area contributed by atoms with Gasteiger partial charge >= 0.3 is 0 Å². The lowest BCUT2D eigenvalue weighted by molar-refractivity contribution is 0.0860. The number of nitrogens with zero attached hydrogens (tertiary/aromatic N) is 3. The zero-order valence-electron chi connectivity index (χ0n) is 28.2. The average Bonchev–Trinajstić information content (AvgIpc) is 3.68. The van der Waals surface area contributed by atoms with Crippen molar-refractivity contribution in [1.29, 1.82) is 0 Å². The maximum atomic E-state index is 14.3. The molecule has 0 saturated carbocycles. The first kappa shape index (κ1) is 30.5. The molecule has 5 nitrogen and oxygen atoms in total. The third-order valence-corrected chi connectivity index (χ3v) is 9.94. The highest BCUT2D eigenvalue weighted by Crippen LogP contribution is 2.41. The standard InChI is InChI=1S/C46H33N3O2/c1-29-12-10-16-33(28-29)46(51)42(31-14-4-3-5-15-31)45(50)32-22-24-34(25-23-32)48-39-20-9-7-18-37(39)43-40(48)27-26-36-35-17-6-8-19-38(35)49(44(36)43)41-21-11-13-30(2)47-41/h3-28,42H,1-2H3. The number of Topliss-reactive ketones (excluding diaryl/α,β-unsaturated/α-hetero) is 2. The first-order valence-electron chi connectivity index (χ1n) is 17.2. The SMILES string of the molecule is Cc1cccc(C(=O)C(C(=O)c2ccc(-n3c4ccccc4c4c3ccc3c5ccccc5n(-c5cccc(C)n5)c34)cc2)c2ccccc2)c1. The zero-order chi connectivity index (χ0) is 34.6. The fraction of sp³-hybridized carbons (Fsp3) is 0.0652. The summed E-state index contributed by atoms with van der Waals surface area (Å²) in [6.45, 7) is 3.97. The minimum absolute atomic E-state index is 0.205. The summed E-state index contributed by atoms with van der Waals surface area (Å²) in [5, 5.41) is 4.60. The molecular weight excluding hydrogens is 627 g/mol. The summed E-state index contributed by atoms with van der Waals surface area (Å²) in [6.07, 6.45) is 0. The Morgan fingerprint density at radius 3 is 1.94 bits per heavy atom. The Hall–Kier alpha value is -6.59. The van der Waals surface area contributed by atoms with Crippen molar-refractivity contribution in [3.63, 3.8) is 0 Å². The zero-order valence-corrected chi connectivity index (χ0v) is 28.2. The van der Waals surface area contributed by atoms with Gasteiger partial charge in [-0.1, -0.05) is 103 Å². The molecule has 9 aromatic rings. The molecule has 9 rings (SSSR count). The second-order valence-electron chi connectivity index (χ2n) is 13.2. The fourth-order valence-corrected chi connectivity index (χ4v) is 7.65. The van der Waals surface area contributed by atoms with E-state index in [1.807, 2.05) is 92.7 Å². The summed E-state index contributed by atoms with van der Waals surface area (Å²) in [7, 11) is 0. The van der Waals surface area contributed by atoms with Crippen molar-refractivity contribution in [1.82, 2.24) is 14.1 Å². The van der Waals surface area contributed by atoms with Crippen molar-refractivity contribution in [3.05, 3.63) is 186 Å². The van der Waals surface area contributed by atoms with Crippen molar-refractivity contribution in [3.8, 4) is 11.5 Å². The number of pyridine rings is 1. The van der Waals surface area contributed by atoms with Gasteiger partial charge in [-0.05, 0) is 80.1 Å². The summed E-state index contributed by atoms with van der Waals surface area (Å²) in [5.74, 6) is -0.499. The summed E-state index contributed by atoms with van der Waals surface area (Å²) >= 11 is 0. The molecule has 1 atom stereocenters. The van der Waals surface area contributed by atoms with Crippen LogP contribution in [0.2, 0.25) is 0 Å². The second-order valence-corrected chi connectivity index (χ2v) is 13.2. The lowest BCUT2D eigenvalue weighted by atomic mass is 9.84. The lowest BCUT2D eigenvalue weighted by Gasteiger charge is -2.17. The Kier molecular flexibility index (Phi) is 7.21. The molecular formula is C46H33N3O2. The van der Waals surface area contributed by atoms with E-state index in [1.54, 1.807) is 6.07 Å². The largest absolute Gasteiger partial charge is 0.309 e. The smallest absolute Gasteiger partial charge is 0.178 e. The van der Waals surface area contributed by atoms with Crippen LogP contribution in [-0.2, 0) is 0 Å². The van der Waals surface area contributed by atoms with Gasteiger partial charge in [0.1, 0.15) is 11.7 Å². The van der Waals surface area contributed by atoms with Gasteiger partial charge in [0.15, 0.2) is 11.6 Å². The number of hydrogen-bond acceptors (Lipinski definition) is 3. The Labute approximate surface area is 295 Å². The molecule has 0 N–H and O–H groups in total. The topological polar surface area (TPSA) is 56.9 Å². The van der Waals surface area contributed by atoms with Gasteiger partial charge < -0.3 is 4.57 Å². The number of rotatable bonds is 7. The molecule has 0 aliphatic rings. The molecule has 3 heterocycles. The minimum Gasteiger partial charge on any atom is -0.309 e. The van der Waals surface area contributed by atoms with E-state index in [9.17, 15) is 9.59 Å². The predicted molar refractivity (Wildman–Crippen MR) is 207 cm³/mol. The molecule has 0 bridgehead atoms. The molecule has 51 heavy (non-hydrogen) atoms. The van der Waals surface area contributed by atoms with Crippen molar-refractivity contribution in [2.45, 2.75) is 19.8 Å². The number of hydrogen-bond donors (Lipinski definition) is 0. The Balaban J connectivity index is 1.21. The second kappa shape index (κ2) is 12.1. The van der Waals surface area contributed by atoms with E-state index in [-0.39, 0.29) is 11.6 Å². The van der Waals surface area contributed by atoms with Crippen LogP contribution in [0.5, 0.6) is 0 Å². The van der Waals surface area contributed by atoms with E-state index in [0.29, 0.717) is 16.7 Å². The number of aryl methyl sites for hydroxylation is 2. The summed E-state index contributed by atoms with van der Waals surface area (Å²) in [4.78, 5) is 33.2. The molecule has 0 aliphatic carbocycles. The van der Waals surface area contributed by atoms with E-state index in [4.69, 9.17) is 4.98 Å². The van der Waals surface area contributed by atoms with Gasteiger partial charge in [-0.2, -0.15) is 0 Å². The first-order chi connectivity index (χ1) is 25.0. The molecule has 6 aromatic carbocycles. The molecule has 0 spiro atoms. The maximum absolute atomic E-state index is 14.3. The van der Waals surface area contributed by atoms with Crippen LogP contribution in [0.15, 0.2) is 158 Å². The van der Waals surface area contributed by atoms with Crippen LogP contribution in [0.25, 0.3) is 55.1 Å². The van der Waals surface area contributed by atoms with Gasteiger partial charge in [-0.25, -0.2) is 4.98 Å². The van der Waals surface area contributed by atoms with Gasteiger partial charge in [-0.3, -0.25) is 14.2 Å². The highest BCUT2D eigenvalue weighted by molar-refractivity contribution is 6.26. The normalized spacial score (nSPS) is 12.2.